The van der Waals surface area contributed by atoms with E-state index in [1.54, 1.807) is 12.5 Å². The number of hydrogen-bond acceptors (Lipinski definition) is 3. The molecule has 5 nitrogen and oxygen atoms in total. The molecule has 1 aliphatic rings. The van der Waals surface area contributed by atoms with Crippen LogP contribution >= 0.6 is 0 Å². The van der Waals surface area contributed by atoms with Crippen molar-refractivity contribution in [2.24, 2.45) is 5.73 Å². The molecule has 0 aliphatic carbocycles. The molecule has 2 rings (SSSR count). The van der Waals surface area contributed by atoms with Crippen LogP contribution in [0.2, 0.25) is 0 Å². The second-order valence-electron chi connectivity index (χ2n) is 4.27. The second-order valence-corrected chi connectivity index (χ2v) is 4.27. The number of aromatic nitrogens is 2. The van der Waals surface area contributed by atoms with Gasteiger partial charge < -0.3 is 15.2 Å². The second kappa shape index (κ2) is 5.12. The zero-order chi connectivity index (χ0) is 11.4. The van der Waals surface area contributed by atoms with Crippen LogP contribution in [0.4, 0.5) is 0 Å². The summed E-state index contributed by atoms with van der Waals surface area (Å²) in [5.41, 5.74) is 5.80. The van der Waals surface area contributed by atoms with E-state index in [0.717, 1.165) is 25.9 Å². The summed E-state index contributed by atoms with van der Waals surface area (Å²) < 4.78 is 1.92. The van der Waals surface area contributed by atoms with Crippen molar-refractivity contribution >= 4 is 5.91 Å². The van der Waals surface area contributed by atoms with Gasteiger partial charge >= 0.3 is 0 Å². The number of likely N-dealkylation sites (tertiary alicyclic amines) is 1. The molecule has 5 heteroatoms. The predicted octanol–water partition coefficient (Wildman–Crippen LogP) is 0.223. The lowest BCUT2D eigenvalue weighted by atomic mass is 10.1. The predicted molar refractivity (Wildman–Crippen MR) is 60.6 cm³/mol. The number of piperidine rings is 1. The lowest BCUT2D eigenvalue weighted by Gasteiger charge is -2.30. The van der Waals surface area contributed by atoms with Gasteiger partial charge in [0.2, 0.25) is 5.91 Å². The molecule has 88 valence electrons. The molecule has 1 aromatic heterocycles. The topological polar surface area (TPSA) is 64.2 Å². The monoisotopic (exact) mass is 222 g/mol. The van der Waals surface area contributed by atoms with Crippen LogP contribution < -0.4 is 5.73 Å². The van der Waals surface area contributed by atoms with E-state index < -0.39 is 0 Å². The summed E-state index contributed by atoms with van der Waals surface area (Å²) in [5.74, 6) is 0.223. The van der Waals surface area contributed by atoms with Gasteiger partial charge in [-0.25, -0.2) is 4.98 Å². The number of carbonyl (C=O) groups is 1. The Balaban J connectivity index is 1.75. The first-order chi connectivity index (χ1) is 7.75. The summed E-state index contributed by atoms with van der Waals surface area (Å²) in [5, 5.41) is 0. The Morgan fingerprint density at radius 3 is 2.81 bits per heavy atom. The number of rotatable bonds is 3. The van der Waals surface area contributed by atoms with E-state index in [9.17, 15) is 4.79 Å². The molecule has 1 aromatic rings. The van der Waals surface area contributed by atoms with Crippen molar-refractivity contribution in [3.63, 3.8) is 0 Å². The number of hydrogen-bond donors (Lipinski definition) is 1. The third-order valence-electron chi connectivity index (χ3n) is 3.04. The van der Waals surface area contributed by atoms with Crippen LogP contribution in [0.1, 0.15) is 19.3 Å². The standard InChI is InChI=1S/C11H18N4O/c12-10-1-6-15(7-2-10)11(16)3-5-14-8-4-13-9-14/h4,8-10H,1-3,5-7,12H2. The summed E-state index contributed by atoms with van der Waals surface area (Å²) in [7, 11) is 0. The number of carbonyl (C=O) groups excluding carboxylic acids is 1. The first-order valence-corrected chi connectivity index (χ1v) is 5.75. The van der Waals surface area contributed by atoms with E-state index in [0.29, 0.717) is 13.0 Å². The minimum atomic E-state index is 0.223. The van der Waals surface area contributed by atoms with Crippen LogP contribution in [0, 0.1) is 0 Å². The van der Waals surface area contributed by atoms with Crippen molar-refractivity contribution in [2.75, 3.05) is 13.1 Å². The molecular weight excluding hydrogens is 204 g/mol. The Labute approximate surface area is 95.2 Å². The molecule has 1 saturated heterocycles. The molecule has 0 saturated carbocycles. The SMILES string of the molecule is NC1CCN(C(=O)CCn2ccnc2)CC1. The third kappa shape index (κ3) is 2.82. The van der Waals surface area contributed by atoms with E-state index in [4.69, 9.17) is 5.73 Å². The van der Waals surface area contributed by atoms with Gasteiger partial charge in [-0.3, -0.25) is 4.79 Å². The van der Waals surface area contributed by atoms with Crippen molar-refractivity contribution in [3.8, 4) is 0 Å². The van der Waals surface area contributed by atoms with E-state index in [1.165, 1.54) is 0 Å². The Hall–Kier alpha value is -1.36. The fourth-order valence-corrected chi connectivity index (χ4v) is 1.95. The number of imidazole rings is 1. The van der Waals surface area contributed by atoms with Crippen LogP contribution in [0.25, 0.3) is 0 Å². The first-order valence-electron chi connectivity index (χ1n) is 5.75. The molecule has 0 aromatic carbocycles. The Morgan fingerprint density at radius 1 is 1.44 bits per heavy atom. The van der Waals surface area contributed by atoms with Gasteiger partial charge in [0.1, 0.15) is 0 Å². The number of amides is 1. The fourth-order valence-electron chi connectivity index (χ4n) is 1.95. The van der Waals surface area contributed by atoms with Gasteiger partial charge in [0.25, 0.3) is 0 Å². The van der Waals surface area contributed by atoms with Crippen molar-refractivity contribution in [1.29, 1.82) is 0 Å². The summed E-state index contributed by atoms with van der Waals surface area (Å²) in [6.07, 6.45) is 7.74. The highest BCUT2D eigenvalue weighted by Crippen LogP contribution is 2.09. The van der Waals surface area contributed by atoms with E-state index in [2.05, 4.69) is 4.98 Å². The quantitative estimate of drug-likeness (QED) is 0.796. The maximum absolute atomic E-state index is 11.9. The van der Waals surface area contributed by atoms with Crippen LogP contribution in [-0.4, -0.2) is 39.5 Å². The van der Waals surface area contributed by atoms with Crippen LogP contribution in [0.3, 0.4) is 0 Å². The van der Waals surface area contributed by atoms with Gasteiger partial charge in [-0.1, -0.05) is 0 Å². The number of aryl methyl sites for hydroxylation is 1. The largest absolute Gasteiger partial charge is 0.343 e. The van der Waals surface area contributed by atoms with Crippen LogP contribution in [-0.2, 0) is 11.3 Å². The summed E-state index contributed by atoms with van der Waals surface area (Å²) in [6.45, 7) is 2.33. The summed E-state index contributed by atoms with van der Waals surface area (Å²) in [6, 6.07) is 0.276. The highest BCUT2D eigenvalue weighted by Gasteiger charge is 2.19. The maximum atomic E-state index is 11.9. The molecule has 0 atom stereocenters. The fraction of sp³-hybridized carbons (Fsp3) is 0.636. The minimum absolute atomic E-state index is 0.223. The zero-order valence-corrected chi connectivity index (χ0v) is 9.38. The molecule has 16 heavy (non-hydrogen) atoms. The average molecular weight is 222 g/mol. The molecule has 1 aliphatic heterocycles. The Kier molecular flexibility index (Phi) is 3.56. The average Bonchev–Trinajstić information content (AvgIpc) is 2.80. The zero-order valence-electron chi connectivity index (χ0n) is 9.38. The van der Waals surface area contributed by atoms with Gasteiger partial charge in [0, 0.05) is 44.5 Å². The molecule has 1 amide bonds. The highest BCUT2D eigenvalue weighted by atomic mass is 16.2. The lowest BCUT2D eigenvalue weighted by Crippen LogP contribution is -2.43. The summed E-state index contributed by atoms with van der Waals surface area (Å²) >= 11 is 0. The lowest BCUT2D eigenvalue weighted by molar-refractivity contribution is -0.132. The summed E-state index contributed by atoms with van der Waals surface area (Å²) in [4.78, 5) is 17.7. The van der Waals surface area contributed by atoms with Gasteiger partial charge in [0.05, 0.1) is 6.33 Å². The van der Waals surface area contributed by atoms with E-state index in [1.807, 2.05) is 15.7 Å². The van der Waals surface area contributed by atoms with Gasteiger partial charge in [-0.15, -0.1) is 0 Å². The van der Waals surface area contributed by atoms with Gasteiger partial charge in [0.15, 0.2) is 0 Å². The molecule has 0 bridgehead atoms. The van der Waals surface area contributed by atoms with Crippen molar-refractivity contribution < 1.29 is 4.79 Å². The van der Waals surface area contributed by atoms with Crippen molar-refractivity contribution in [2.45, 2.75) is 31.8 Å². The van der Waals surface area contributed by atoms with Crippen molar-refractivity contribution in [1.82, 2.24) is 14.5 Å². The van der Waals surface area contributed by atoms with E-state index in [-0.39, 0.29) is 11.9 Å². The molecule has 0 spiro atoms. The normalized spacial score (nSPS) is 17.7. The Bertz CT molecular complexity index is 328. The first kappa shape index (κ1) is 11.1. The van der Waals surface area contributed by atoms with Gasteiger partial charge in [-0.05, 0) is 12.8 Å². The number of nitrogens with zero attached hydrogens (tertiary/aromatic N) is 3. The van der Waals surface area contributed by atoms with Crippen LogP contribution in [0.5, 0.6) is 0 Å². The number of nitrogens with two attached hydrogens (primary N) is 1. The van der Waals surface area contributed by atoms with Crippen molar-refractivity contribution in [3.05, 3.63) is 18.7 Å². The maximum Gasteiger partial charge on any atom is 0.224 e. The molecule has 2 heterocycles. The van der Waals surface area contributed by atoms with Gasteiger partial charge in [-0.2, -0.15) is 0 Å². The molecular formula is C11H18N4O. The molecule has 0 radical (unpaired) electrons. The highest BCUT2D eigenvalue weighted by molar-refractivity contribution is 5.76. The van der Waals surface area contributed by atoms with E-state index >= 15 is 0 Å². The Morgan fingerprint density at radius 2 is 2.19 bits per heavy atom. The van der Waals surface area contributed by atoms with Crippen LogP contribution in [0.15, 0.2) is 18.7 Å². The molecule has 2 N–H and O–H groups in total. The smallest absolute Gasteiger partial charge is 0.224 e. The third-order valence-corrected chi connectivity index (χ3v) is 3.04. The minimum Gasteiger partial charge on any atom is -0.343 e. The molecule has 1 fully saturated rings. The molecule has 0 unspecified atom stereocenters.